The highest BCUT2D eigenvalue weighted by molar-refractivity contribution is 8.00. The number of nitrogens with zero attached hydrogens (tertiary/aromatic N) is 2. The SMILES string of the molecule is CC(C)C(=O)Nc1ccccc1-c1nnc(SC(C)C(=O)Nc2ccccc2Cl)[nH]c1=O. The lowest BCUT2D eigenvalue weighted by atomic mass is 10.1. The van der Waals surface area contributed by atoms with Crippen LogP contribution >= 0.6 is 23.4 Å². The molecule has 10 heteroatoms. The zero-order valence-corrected chi connectivity index (χ0v) is 19.3. The van der Waals surface area contributed by atoms with Crippen LogP contribution in [0, 0.1) is 5.92 Å². The van der Waals surface area contributed by atoms with E-state index < -0.39 is 10.8 Å². The first kappa shape index (κ1) is 23.5. The van der Waals surface area contributed by atoms with Gasteiger partial charge >= 0.3 is 0 Å². The molecule has 0 bridgehead atoms. The van der Waals surface area contributed by atoms with Crippen molar-refractivity contribution in [3.8, 4) is 11.3 Å². The van der Waals surface area contributed by atoms with Crippen molar-refractivity contribution in [1.82, 2.24) is 15.2 Å². The first-order chi connectivity index (χ1) is 15.3. The molecular weight excluding hydrogens is 450 g/mol. The second-order valence-electron chi connectivity index (χ2n) is 7.23. The monoisotopic (exact) mass is 471 g/mol. The fraction of sp³-hybridized carbons (Fsp3) is 0.227. The number of H-pyrrole nitrogens is 1. The Bertz CT molecular complexity index is 1200. The van der Waals surface area contributed by atoms with Crippen molar-refractivity contribution in [2.24, 2.45) is 5.92 Å². The number of benzene rings is 2. The number of hydrogen-bond donors (Lipinski definition) is 3. The van der Waals surface area contributed by atoms with E-state index in [0.29, 0.717) is 22.0 Å². The number of hydrogen-bond acceptors (Lipinski definition) is 6. The number of anilines is 2. The molecular formula is C22H22ClN5O3S. The van der Waals surface area contributed by atoms with Crippen LogP contribution in [0.15, 0.2) is 58.5 Å². The Morgan fingerprint density at radius 3 is 2.22 bits per heavy atom. The Labute approximate surface area is 194 Å². The number of halogens is 1. The van der Waals surface area contributed by atoms with Gasteiger partial charge in [0.2, 0.25) is 11.8 Å². The number of amides is 2. The number of para-hydroxylation sites is 2. The third-order valence-corrected chi connectivity index (χ3v) is 5.73. The molecule has 0 saturated heterocycles. The van der Waals surface area contributed by atoms with Crippen LogP contribution in [0.1, 0.15) is 20.8 Å². The predicted octanol–water partition coefficient (Wildman–Crippen LogP) is 4.20. The quantitative estimate of drug-likeness (QED) is 0.444. The van der Waals surface area contributed by atoms with Crippen LogP contribution in [-0.4, -0.2) is 32.2 Å². The Morgan fingerprint density at radius 2 is 1.56 bits per heavy atom. The molecule has 2 aromatic carbocycles. The summed E-state index contributed by atoms with van der Waals surface area (Å²) in [6, 6.07) is 13.8. The molecule has 32 heavy (non-hydrogen) atoms. The van der Waals surface area contributed by atoms with Crippen LogP contribution < -0.4 is 16.2 Å². The van der Waals surface area contributed by atoms with E-state index >= 15 is 0 Å². The van der Waals surface area contributed by atoms with Crippen LogP contribution in [0.5, 0.6) is 0 Å². The van der Waals surface area contributed by atoms with Crippen molar-refractivity contribution in [2.45, 2.75) is 31.2 Å². The van der Waals surface area contributed by atoms with Crippen LogP contribution in [0.4, 0.5) is 11.4 Å². The molecule has 2 amide bonds. The molecule has 0 radical (unpaired) electrons. The van der Waals surface area contributed by atoms with Crippen LogP contribution in [-0.2, 0) is 9.59 Å². The number of carbonyl (C=O) groups is 2. The number of rotatable bonds is 7. The molecule has 0 spiro atoms. The lowest BCUT2D eigenvalue weighted by molar-refractivity contribution is -0.119. The van der Waals surface area contributed by atoms with E-state index in [1.54, 1.807) is 69.3 Å². The van der Waals surface area contributed by atoms with Gasteiger partial charge in [-0.25, -0.2) is 0 Å². The third-order valence-electron chi connectivity index (χ3n) is 4.43. The maximum atomic E-state index is 12.7. The molecule has 8 nitrogen and oxygen atoms in total. The fourth-order valence-electron chi connectivity index (χ4n) is 2.64. The molecule has 1 atom stereocenters. The fourth-order valence-corrected chi connectivity index (χ4v) is 3.57. The first-order valence-electron chi connectivity index (χ1n) is 9.85. The van der Waals surface area contributed by atoms with Gasteiger partial charge in [-0.2, -0.15) is 0 Å². The third kappa shape index (κ3) is 5.74. The van der Waals surface area contributed by atoms with Gasteiger partial charge in [-0.1, -0.05) is 67.5 Å². The molecule has 1 aromatic heterocycles. The highest BCUT2D eigenvalue weighted by Gasteiger charge is 2.19. The maximum absolute atomic E-state index is 12.7. The maximum Gasteiger partial charge on any atom is 0.278 e. The van der Waals surface area contributed by atoms with E-state index in [2.05, 4.69) is 25.8 Å². The Balaban J connectivity index is 1.76. The minimum atomic E-state index is -0.570. The summed E-state index contributed by atoms with van der Waals surface area (Å²) < 4.78 is 0. The van der Waals surface area contributed by atoms with Crippen LogP contribution in [0.25, 0.3) is 11.3 Å². The van der Waals surface area contributed by atoms with Gasteiger partial charge in [0.1, 0.15) is 0 Å². The number of nitrogens with one attached hydrogen (secondary N) is 3. The van der Waals surface area contributed by atoms with E-state index in [1.165, 1.54) is 0 Å². The standard InChI is InChI=1S/C22H22ClN5O3S/c1-12(2)19(29)24-16-10-6-4-8-14(16)18-21(31)26-22(28-27-18)32-13(3)20(30)25-17-11-7-5-9-15(17)23/h4-13H,1-3H3,(H,24,29)(H,25,30)(H,26,28,31). The lowest BCUT2D eigenvalue weighted by Gasteiger charge is -2.13. The number of aromatic nitrogens is 3. The van der Waals surface area contributed by atoms with Gasteiger partial charge in [0.15, 0.2) is 10.9 Å². The summed E-state index contributed by atoms with van der Waals surface area (Å²) in [4.78, 5) is 39.9. The first-order valence-corrected chi connectivity index (χ1v) is 11.1. The molecule has 3 N–H and O–H groups in total. The van der Waals surface area contributed by atoms with Gasteiger partial charge in [0, 0.05) is 11.5 Å². The van der Waals surface area contributed by atoms with Gasteiger partial charge in [-0.15, -0.1) is 10.2 Å². The van der Waals surface area contributed by atoms with Crippen LogP contribution in [0.3, 0.4) is 0 Å². The zero-order chi connectivity index (χ0) is 23.3. The Morgan fingerprint density at radius 1 is 0.938 bits per heavy atom. The second kappa shape index (κ2) is 10.4. The molecule has 1 heterocycles. The van der Waals surface area contributed by atoms with Gasteiger partial charge < -0.3 is 10.6 Å². The highest BCUT2D eigenvalue weighted by Crippen LogP contribution is 2.26. The van der Waals surface area contributed by atoms with Crippen molar-refractivity contribution in [3.05, 3.63) is 63.9 Å². The van der Waals surface area contributed by atoms with Crippen molar-refractivity contribution in [3.63, 3.8) is 0 Å². The summed E-state index contributed by atoms with van der Waals surface area (Å²) in [6.45, 7) is 5.24. The van der Waals surface area contributed by atoms with Crippen molar-refractivity contribution >= 4 is 46.6 Å². The van der Waals surface area contributed by atoms with Crippen molar-refractivity contribution in [1.29, 1.82) is 0 Å². The summed E-state index contributed by atoms with van der Waals surface area (Å²) in [5.74, 6) is -0.687. The van der Waals surface area contributed by atoms with Gasteiger partial charge in [-0.3, -0.25) is 19.4 Å². The minimum absolute atomic E-state index is 0.0715. The molecule has 0 fully saturated rings. The van der Waals surface area contributed by atoms with E-state index in [1.807, 2.05) is 0 Å². The smallest absolute Gasteiger partial charge is 0.278 e. The summed E-state index contributed by atoms with van der Waals surface area (Å²) in [5.41, 5.74) is 1.02. The molecule has 0 aliphatic heterocycles. The molecule has 0 aliphatic carbocycles. The minimum Gasteiger partial charge on any atom is -0.325 e. The normalized spacial score (nSPS) is 11.8. The van der Waals surface area contributed by atoms with Gasteiger partial charge in [-0.05, 0) is 25.1 Å². The van der Waals surface area contributed by atoms with Crippen molar-refractivity contribution in [2.75, 3.05) is 10.6 Å². The average molecular weight is 472 g/mol. The summed E-state index contributed by atoms with van der Waals surface area (Å²) in [7, 11) is 0. The highest BCUT2D eigenvalue weighted by atomic mass is 35.5. The zero-order valence-electron chi connectivity index (χ0n) is 17.7. The number of thioether (sulfide) groups is 1. The molecule has 3 aromatic rings. The average Bonchev–Trinajstić information content (AvgIpc) is 2.76. The Kier molecular flexibility index (Phi) is 7.66. The molecule has 0 aliphatic rings. The van der Waals surface area contributed by atoms with Gasteiger partial charge in [0.05, 0.1) is 21.6 Å². The summed E-state index contributed by atoms with van der Waals surface area (Å²) in [6.07, 6.45) is 0. The molecule has 0 saturated carbocycles. The van der Waals surface area contributed by atoms with E-state index in [9.17, 15) is 14.4 Å². The lowest BCUT2D eigenvalue weighted by Crippen LogP contribution is -2.24. The predicted molar refractivity (Wildman–Crippen MR) is 127 cm³/mol. The van der Waals surface area contributed by atoms with Crippen LogP contribution in [0.2, 0.25) is 5.02 Å². The Hall–Kier alpha value is -3.17. The van der Waals surface area contributed by atoms with E-state index in [0.717, 1.165) is 11.8 Å². The largest absolute Gasteiger partial charge is 0.325 e. The number of carbonyl (C=O) groups excluding carboxylic acids is 2. The second-order valence-corrected chi connectivity index (χ2v) is 8.96. The topological polar surface area (TPSA) is 117 Å². The van der Waals surface area contributed by atoms with Crippen molar-refractivity contribution < 1.29 is 9.59 Å². The van der Waals surface area contributed by atoms with E-state index in [-0.39, 0.29) is 28.6 Å². The number of aromatic amines is 1. The summed E-state index contributed by atoms with van der Waals surface area (Å²) in [5, 5.41) is 13.7. The molecule has 1 unspecified atom stereocenters. The van der Waals surface area contributed by atoms with Gasteiger partial charge in [0.25, 0.3) is 5.56 Å². The molecule has 3 rings (SSSR count). The van der Waals surface area contributed by atoms with E-state index in [4.69, 9.17) is 11.6 Å². The summed E-state index contributed by atoms with van der Waals surface area (Å²) >= 11 is 7.13. The molecule has 166 valence electrons.